The van der Waals surface area contributed by atoms with Gasteiger partial charge >= 0.3 is 6.16 Å². The highest BCUT2D eigenvalue weighted by atomic mass is 16.7. The van der Waals surface area contributed by atoms with E-state index < -0.39 is 16.0 Å². The lowest BCUT2D eigenvalue weighted by atomic mass is 10.1. The number of rotatable bonds is 6. The first kappa shape index (κ1) is 17.6. The minimum Gasteiger partial charge on any atom is -0.395 e. The molecule has 2 aromatic carbocycles. The van der Waals surface area contributed by atoms with Gasteiger partial charge in [0.25, 0.3) is 11.4 Å². The molecule has 0 unspecified atom stereocenters. The summed E-state index contributed by atoms with van der Waals surface area (Å²) in [6, 6.07) is 8.61. The number of non-ortho nitro benzene ring substituents is 2. The van der Waals surface area contributed by atoms with Crippen LogP contribution in [-0.2, 0) is 6.42 Å². The summed E-state index contributed by atoms with van der Waals surface area (Å²) >= 11 is 0. The zero-order valence-electron chi connectivity index (χ0n) is 12.8. The van der Waals surface area contributed by atoms with E-state index in [9.17, 15) is 25.0 Å². The van der Waals surface area contributed by atoms with Crippen LogP contribution < -0.4 is 9.47 Å². The number of hydrogen-bond acceptors (Lipinski definition) is 7. The third-order valence-corrected chi connectivity index (χ3v) is 3.06. The third-order valence-electron chi connectivity index (χ3n) is 3.06. The fourth-order valence-electron chi connectivity index (χ4n) is 1.94. The number of ether oxygens (including phenoxy) is 2. The van der Waals surface area contributed by atoms with E-state index in [1.165, 1.54) is 48.5 Å². The van der Waals surface area contributed by atoms with Crippen molar-refractivity contribution < 1.29 is 24.1 Å². The molecule has 9 heteroatoms. The molecule has 2 rings (SSSR count). The molecular formula is C16H12N2O7. The Morgan fingerprint density at radius 2 is 1.60 bits per heavy atom. The Balaban J connectivity index is 2.12. The van der Waals surface area contributed by atoms with E-state index in [4.69, 9.17) is 9.47 Å². The fourth-order valence-corrected chi connectivity index (χ4v) is 1.94. The van der Waals surface area contributed by atoms with E-state index in [2.05, 4.69) is 6.58 Å². The summed E-state index contributed by atoms with van der Waals surface area (Å²) in [5.41, 5.74) is 0.0992. The topological polar surface area (TPSA) is 122 Å². The van der Waals surface area contributed by atoms with Crippen LogP contribution >= 0.6 is 0 Å². The van der Waals surface area contributed by atoms with E-state index in [0.29, 0.717) is 5.56 Å². The lowest BCUT2D eigenvalue weighted by molar-refractivity contribution is -0.385. The second-order valence-electron chi connectivity index (χ2n) is 4.75. The van der Waals surface area contributed by atoms with Crippen molar-refractivity contribution in [3.05, 3.63) is 80.9 Å². The molecule has 2 aromatic rings. The van der Waals surface area contributed by atoms with Gasteiger partial charge in [0.1, 0.15) is 11.5 Å². The molecular weight excluding hydrogens is 332 g/mol. The van der Waals surface area contributed by atoms with Crippen molar-refractivity contribution in [2.45, 2.75) is 6.42 Å². The van der Waals surface area contributed by atoms with Crippen molar-refractivity contribution in [2.75, 3.05) is 0 Å². The summed E-state index contributed by atoms with van der Waals surface area (Å²) in [7, 11) is 0. The van der Waals surface area contributed by atoms with Gasteiger partial charge < -0.3 is 9.47 Å². The Kier molecular flexibility index (Phi) is 5.41. The zero-order chi connectivity index (χ0) is 18.4. The van der Waals surface area contributed by atoms with Gasteiger partial charge in [-0.05, 0) is 24.6 Å². The highest BCUT2D eigenvalue weighted by molar-refractivity contribution is 5.68. The van der Waals surface area contributed by atoms with E-state index in [-0.39, 0.29) is 29.3 Å². The average Bonchev–Trinajstić information content (AvgIpc) is 2.57. The minimum atomic E-state index is -1.08. The lowest BCUT2D eigenvalue weighted by Crippen LogP contribution is -2.14. The van der Waals surface area contributed by atoms with Crippen LogP contribution in [0, 0.1) is 20.2 Å². The molecule has 0 atom stereocenters. The van der Waals surface area contributed by atoms with Crippen LogP contribution in [-0.4, -0.2) is 16.0 Å². The molecule has 0 amide bonds. The molecule has 0 bridgehead atoms. The molecule has 9 nitrogen and oxygen atoms in total. The SMILES string of the molecule is C=CCc1cc([N+](=O)[O-])ccc1OC(=O)Oc1ccc([N+](=O)[O-])cc1. The maximum Gasteiger partial charge on any atom is 0.519 e. The van der Waals surface area contributed by atoms with Crippen molar-refractivity contribution in [2.24, 2.45) is 0 Å². The standard InChI is InChI=1S/C16H12N2O7/c1-2-3-11-10-13(18(22)23)6-9-15(11)25-16(19)24-14-7-4-12(5-8-14)17(20)21/h2,4-10H,1,3H2. The first-order valence-corrected chi connectivity index (χ1v) is 6.93. The smallest absolute Gasteiger partial charge is 0.395 e. The Bertz CT molecular complexity index is 831. The fraction of sp³-hybridized carbons (Fsp3) is 0.0625. The van der Waals surface area contributed by atoms with Gasteiger partial charge in [-0.25, -0.2) is 4.79 Å². The first-order chi connectivity index (χ1) is 11.9. The van der Waals surface area contributed by atoms with Crippen molar-refractivity contribution in [1.29, 1.82) is 0 Å². The predicted octanol–water partition coefficient (Wildman–Crippen LogP) is 3.81. The van der Waals surface area contributed by atoms with E-state index in [1.54, 1.807) is 0 Å². The van der Waals surface area contributed by atoms with Gasteiger partial charge in [-0.3, -0.25) is 20.2 Å². The van der Waals surface area contributed by atoms with Crippen LogP contribution in [0.5, 0.6) is 11.5 Å². The maximum atomic E-state index is 11.8. The van der Waals surface area contributed by atoms with E-state index in [1.807, 2.05) is 0 Å². The summed E-state index contributed by atoms with van der Waals surface area (Å²) < 4.78 is 9.97. The number of nitro benzene ring substituents is 2. The molecule has 0 fully saturated rings. The number of allylic oxidation sites excluding steroid dienone is 1. The molecule has 0 saturated carbocycles. The van der Waals surface area contributed by atoms with Gasteiger partial charge in [0.2, 0.25) is 0 Å². The van der Waals surface area contributed by atoms with E-state index in [0.717, 1.165) is 0 Å². The van der Waals surface area contributed by atoms with Gasteiger partial charge in [-0.15, -0.1) is 6.58 Å². The lowest BCUT2D eigenvalue weighted by Gasteiger charge is -2.09. The Morgan fingerprint density at radius 3 is 2.16 bits per heavy atom. The highest BCUT2D eigenvalue weighted by Gasteiger charge is 2.15. The van der Waals surface area contributed by atoms with Crippen molar-refractivity contribution >= 4 is 17.5 Å². The van der Waals surface area contributed by atoms with Crippen molar-refractivity contribution in [3.8, 4) is 11.5 Å². The summed E-state index contributed by atoms with van der Waals surface area (Å²) in [6.07, 6.45) is 0.683. The Hall–Kier alpha value is -3.75. The second-order valence-corrected chi connectivity index (χ2v) is 4.75. The molecule has 0 aromatic heterocycles. The van der Waals surface area contributed by atoms with Crippen LogP contribution in [0.15, 0.2) is 55.1 Å². The van der Waals surface area contributed by atoms with E-state index >= 15 is 0 Å². The number of nitrogens with zero attached hydrogens (tertiary/aromatic N) is 2. The quantitative estimate of drug-likeness (QED) is 0.257. The molecule has 0 aliphatic carbocycles. The van der Waals surface area contributed by atoms with Gasteiger partial charge in [0, 0.05) is 29.8 Å². The average molecular weight is 344 g/mol. The number of hydrogen-bond donors (Lipinski definition) is 0. The number of carbonyl (C=O) groups excluding carboxylic acids is 1. The predicted molar refractivity (Wildman–Crippen MR) is 86.7 cm³/mol. The number of nitro groups is 2. The summed E-state index contributed by atoms with van der Waals surface area (Å²) in [5.74, 6) is 0.153. The largest absolute Gasteiger partial charge is 0.519 e. The summed E-state index contributed by atoms with van der Waals surface area (Å²) in [5, 5.41) is 21.4. The van der Waals surface area contributed by atoms with Crippen LogP contribution in [0.2, 0.25) is 0 Å². The maximum absolute atomic E-state index is 11.8. The first-order valence-electron chi connectivity index (χ1n) is 6.93. The molecule has 0 aliphatic rings. The van der Waals surface area contributed by atoms with Gasteiger partial charge in [-0.1, -0.05) is 6.08 Å². The van der Waals surface area contributed by atoms with Crippen molar-refractivity contribution in [3.63, 3.8) is 0 Å². The van der Waals surface area contributed by atoms with Crippen LogP contribution in [0.1, 0.15) is 5.56 Å². The summed E-state index contributed by atoms with van der Waals surface area (Å²) in [4.78, 5) is 32.1. The Labute approximate surface area is 141 Å². The van der Waals surface area contributed by atoms with Crippen molar-refractivity contribution in [1.82, 2.24) is 0 Å². The number of benzene rings is 2. The summed E-state index contributed by atoms with van der Waals surface area (Å²) in [6.45, 7) is 3.54. The minimum absolute atomic E-state index is 0.0581. The van der Waals surface area contributed by atoms with Crippen LogP contribution in [0.25, 0.3) is 0 Å². The van der Waals surface area contributed by atoms with Crippen LogP contribution in [0.3, 0.4) is 0 Å². The Morgan fingerprint density at radius 1 is 1.00 bits per heavy atom. The van der Waals surface area contributed by atoms with Gasteiger partial charge in [-0.2, -0.15) is 0 Å². The molecule has 0 spiro atoms. The van der Waals surface area contributed by atoms with Gasteiger partial charge in [0.15, 0.2) is 0 Å². The normalized spacial score (nSPS) is 9.92. The molecule has 0 saturated heterocycles. The number of carbonyl (C=O) groups is 1. The molecule has 25 heavy (non-hydrogen) atoms. The van der Waals surface area contributed by atoms with Crippen LogP contribution in [0.4, 0.5) is 16.2 Å². The van der Waals surface area contributed by atoms with Gasteiger partial charge in [0.05, 0.1) is 9.85 Å². The highest BCUT2D eigenvalue weighted by Crippen LogP contribution is 2.26. The molecule has 0 N–H and O–H groups in total. The third kappa shape index (κ3) is 4.61. The molecule has 0 heterocycles. The molecule has 0 radical (unpaired) electrons. The molecule has 0 aliphatic heterocycles. The monoisotopic (exact) mass is 344 g/mol. The molecule has 128 valence electrons. The second kappa shape index (κ2) is 7.68. The zero-order valence-corrected chi connectivity index (χ0v) is 12.8.